The van der Waals surface area contributed by atoms with Crippen LogP contribution in [0.25, 0.3) is 10.9 Å². The molecule has 0 spiro atoms. The van der Waals surface area contributed by atoms with E-state index in [4.69, 9.17) is 4.74 Å². The van der Waals surface area contributed by atoms with Gasteiger partial charge in [0.1, 0.15) is 17.9 Å². The van der Waals surface area contributed by atoms with Crippen molar-refractivity contribution in [3.8, 4) is 11.6 Å². The van der Waals surface area contributed by atoms with Gasteiger partial charge in [0, 0.05) is 29.7 Å². The van der Waals surface area contributed by atoms with Crippen molar-refractivity contribution in [1.82, 2.24) is 19.9 Å². The van der Waals surface area contributed by atoms with Crippen molar-refractivity contribution in [2.75, 3.05) is 6.61 Å². The Morgan fingerprint density at radius 2 is 1.97 bits per heavy atom. The Balaban J connectivity index is 1.32. The molecular weight excluding hydrogens is 471 g/mol. The number of benzene rings is 2. The van der Waals surface area contributed by atoms with Crippen LogP contribution in [0.1, 0.15) is 31.0 Å². The highest BCUT2D eigenvalue weighted by Crippen LogP contribution is 2.35. The van der Waals surface area contributed by atoms with E-state index in [0.29, 0.717) is 24.0 Å². The number of halogens is 3. The fourth-order valence-corrected chi connectivity index (χ4v) is 3.93. The molecule has 0 bridgehead atoms. The van der Waals surface area contributed by atoms with Gasteiger partial charge >= 0.3 is 6.18 Å². The molecule has 0 unspecified atom stereocenters. The summed E-state index contributed by atoms with van der Waals surface area (Å²) in [5, 5.41) is 13.7. The van der Waals surface area contributed by atoms with Gasteiger partial charge in [-0.3, -0.25) is 0 Å². The SMILES string of the molecule is CC(=Nc1cccc(C(F)(F)F)c1)n1ccc2cc(Oc3cc(CNC4(CO)CC4)ncn3)ccc21. The van der Waals surface area contributed by atoms with E-state index in [2.05, 4.69) is 20.3 Å². The normalized spacial score (nSPS) is 15.3. The van der Waals surface area contributed by atoms with Gasteiger partial charge in [-0.25, -0.2) is 15.0 Å². The molecule has 2 aromatic carbocycles. The molecule has 7 nitrogen and oxygen atoms in total. The summed E-state index contributed by atoms with van der Waals surface area (Å²) in [7, 11) is 0. The topological polar surface area (TPSA) is 84.6 Å². The van der Waals surface area contributed by atoms with Crippen molar-refractivity contribution >= 4 is 22.4 Å². The molecule has 36 heavy (non-hydrogen) atoms. The van der Waals surface area contributed by atoms with Crippen molar-refractivity contribution < 1.29 is 23.0 Å². The van der Waals surface area contributed by atoms with Gasteiger partial charge in [0.25, 0.3) is 0 Å². The summed E-state index contributed by atoms with van der Waals surface area (Å²) in [4.78, 5) is 12.8. The van der Waals surface area contributed by atoms with Gasteiger partial charge < -0.3 is 19.7 Å². The van der Waals surface area contributed by atoms with E-state index in [-0.39, 0.29) is 17.8 Å². The quantitative estimate of drug-likeness (QED) is 0.263. The molecule has 2 heterocycles. The number of hydrogen-bond donors (Lipinski definition) is 2. The van der Waals surface area contributed by atoms with Crippen LogP contribution < -0.4 is 10.1 Å². The number of nitrogens with one attached hydrogen (secondary N) is 1. The first-order valence-electron chi connectivity index (χ1n) is 11.4. The number of aromatic nitrogens is 3. The van der Waals surface area contributed by atoms with Gasteiger partial charge in [-0.2, -0.15) is 13.2 Å². The van der Waals surface area contributed by atoms with Crippen molar-refractivity contribution in [3.63, 3.8) is 0 Å². The van der Waals surface area contributed by atoms with E-state index in [0.717, 1.165) is 41.6 Å². The predicted molar refractivity (Wildman–Crippen MR) is 130 cm³/mol. The van der Waals surface area contributed by atoms with Gasteiger partial charge in [0.15, 0.2) is 0 Å². The smallest absolute Gasteiger partial charge is 0.416 e. The number of alkyl halides is 3. The Morgan fingerprint density at radius 3 is 2.72 bits per heavy atom. The molecule has 10 heteroatoms. The maximum absolute atomic E-state index is 13.0. The van der Waals surface area contributed by atoms with Crippen molar-refractivity contribution in [3.05, 3.63) is 78.4 Å². The summed E-state index contributed by atoms with van der Waals surface area (Å²) in [5.74, 6) is 1.51. The maximum atomic E-state index is 13.0. The van der Waals surface area contributed by atoms with Crippen LogP contribution in [-0.4, -0.2) is 37.6 Å². The lowest BCUT2D eigenvalue weighted by atomic mass is 10.2. The zero-order chi connectivity index (χ0) is 25.3. The van der Waals surface area contributed by atoms with Crippen LogP contribution in [-0.2, 0) is 12.7 Å². The molecule has 1 fully saturated rings. The summed E-state index contributed by atoms with van der Waals surface area (Å²) in [6, 6.07) is 14.1. The van der Waals surface area contributed by atoms with Crippen LogP contribution in [0.2, 0.25) is 0 Å². The van der Waals surface area contributed by atoms with Crippen LogP contribution in [0.5, 0.6) is 11.6 Å². The molecule has 2 aromatic heterocycles. The molecule has 4 aromatic rings. The van der Waals surface area contributed by atoms with Gasteiger partial charge in [-0.15, -0.1) is 0 Å². The van der Waals surface area contributed by atoms with Crippen molar-refractivity contribution in [1.29, 1.82) is 0 Å². The first-order chi connectivity index (χ1) is 17.2. The largest absolute Gasteiger partial charge is 0.439 e. The van der Waals surface area contributed by atoms with Crippen LogP contribution >= 0.6 is 0 Å². The molecule has 1 aliphatic carbocycles. The first-order valence-corrected chi connectivity index (χ1v) is 11.4. The van der Waals surface area contributed by atoms with E-state index >= 15 is 0 Å². The lowest BCUT2D eigenvalue weighted by molar-refractivity contribution is -0.137. The maximum Gasteiger partial charge on any atom is 0.416 e. The fraction of sp³-hybridized carbons (Fsp3) is 0.269. The molecule has 0 aliphatic heterocycles. The average molecular weight is 496 g/mol. The van der Waals surface area contributed by atoms with Crippen molar-refractivity contribution in [2.45, 2.75) is 38.0 Å². The summed E-state index contributed by atoms with van der Waals surface area (Å²) in [6.07, 6.45) is 0.719. The number of rotatable bonds is 7. The molecule has 2 N–H and O–H groups in total. The molecule has 5 rings (SSSR count). The zero-order valence-corrected chi connectivity index (χ0v) is 19.5. The Kier molecular flexibility index (Phi) is 6.23. The van der Waals surface area contributed by atoms with E-state index in [9.17, 15) is 18.3 Å². The number of ether oxygens (including phenoxy) is 1. The molecule has 0 radical (unpaired) electrons. The lowest BCUT2D eigenvalue weighted by Crippen LogP contribution is -2.34. The third-order valence-corrected chi connectivity index (χ3v) is 6.20. The Morgan fingerprint density at radius 1 is 1.14 bits per heavy atom. The average Bonchev–Trinajstić information content (AvgIpc) is 3.52. The van der Waals surface area contributed by atoms with E-state index in [1.54, 1.807) is 19.1 Å². The molecule has 1 saturated carbocycles. The highest BCUT2D eigenvalue weighted by Gasteiger charge is 2.41. The monoisotopic (exact) mass is 495 g/mol. The van der Waals surface area contributed by atoms with Crippen LogP contribution in [0, 0.1) is 0 Å². The number of aliphatic hydroxyl groups is 1. The minimum atomic E-state index is -4.42. The number of hydrogen-bond acceptors (Lipinski definition) is 6. The molecule has 0 saturated heterocycles. The van der Waals surface area contributed by atoms with Crippen LogP contribution in [0.15, 0.2) is 72.1 Å². The third-order valence-electron chi connectivity index (χ3n) is 6.20. The molecule has 1 aliphatic rings. The van der Waals surface area contributed by atoms with Gasteiger partial charge in [-0.05, 0) is 62.2 Å². The number of aliphatic hydroxyl groups excluding tert-OH is 1. The first kappa shape index (κ1) is 24.0. The second kappa shape index (κ2) is 9.36. The Bertz CT molecular complexity index is 1430. The van der Waals surface area contributed by atoms with E-state index in [1.165, 1.54) is 18.5 Å². The highest BCUT2D eigenvalue weighted by atomic mass is 19.4. The lowest BCUT2D eigenvalue weighted by Gasteiger charge is -2.13. The number of fused-ring (bicyclic) bond motifs is 1. The summed E-state index contributed by atoms with van der Waals surface area (Å²) in [6.45, 7) is 2.35. The van der Waals surface area contributed by atoms with E-state index in [1.807, 2.05) is 29.0 Å². The Labute approximate surface area is 205 Å². The second-order valence-corrected chi connectivity index (χ2v) is 8.86. The summed E-state index contributed by atoms with van der Waals surface area (Å²) >= 11 is 0. The zero-order valence-electron chi connectivity index (χ0n) is 19.5. The van der Waals surface area contributed by atoms with Gasteiger partial charge in [0.05, 0.1) is 29.1 Å². The highest BCUT2D eigenvalue weighted by molar-refractivity contribution is 5.95. The van der Waals surface area contributed by atoms with Crippen LogP contribution in [0.3, 0.4) is 0 Å². The minimum absolute atomic E-state index is 0.102. The fourth-order valence-electron chi connectivity index (χ4n) is 3.93. The Hall–Kier alpha value is -3.76. The van der Waals surface area contributed by atoms with Crippen LogP contribution in [0.4, 0.5) is 18.9 Å². The van der Waals surface area contributed by atoms with Gasteiger partial charge in [-0.1, -0.05) is 6.07 Å². The molecular formula is C26H24F3N5O2. The molecule has 0 atom stereocenters. The standard InChI is InChI=1S/C26H24F3N5O2/c1-17(33-20-4-2-3-19(12-20)26(27,28)29)34-10-7-18-11-22(5-6-23(18)34)36-24-13-21(30-16-31-24)14-32-25(15-35)8-9-25/h2-7,10-13,16,32,35H,8-9,14-15H2,1H3. The number of aliphatic imine (C=N–C) groups is 1. The minimum Gasteiger partial charge on any atom is -0.439 e. The van der Waals surface area contributed by atoms with Gasteiger partial charge in [0.2, 0.25) is 5.88 Å². The summed E-state index contributed by atoms with van der Waals surface area (Å²) in [5.41, 5.74) is 0.895. The third kappa shape index (κ3) is 5.24. The molecule has 186 valence electrons. The second-order valence-electron chi connectivity index (χ2n) is 8.86. The predicted octanol–water partition coefficient (Wildman–Crippen LogP) is 5.46. The van der Waals surface area contributed by atoms with Crippen molar-refractivity contribution in [2.24, 2.45) is 4.99 Å². The van der Waals surface area contributed by atoms with E-state index < -0.39 is 11.7 Å². The summed E-state index contributed by atoms with van der Waals surface area (Å²) < 4.78 is 46.8. The number of nitrogens with zero attached hydrogens (tertiary/aromatic N) is 4. The molecule has 0 amide bonds.